The highest BCUT2D eigenvalue weighted by Gasteiger charge is 2.31. The van der Waals surface area contributed by atoms with Gasteiger partial charge in [0.05, 0.1) is 36.8 Å². The summed E-state index contributed by atoms with van der Waals surface area (Å²) in [6.45, 7) is 13.6. The van der Waals surface area contributed by atoms with Gasteiger partial charge in [-0.15, -0.1) is 0 Å². The number of hydroxylamine groups is 1. The molecule has 0 spiro atoms. The number of hydrogen-bond acceptors (Lipinski definition) is 10. The third-order valence-corrected chi connectivity index (χ3v) is 9.40. The van der Waals surface area contributed by atoms with Gasteiger partial charge in [-0.05, 0) is 55.6 Å². The lowest BCUT2D eigenvalue weighted by Crippen LogP contribution is -2.53. The predicted octanol–water partition coefficient (Wildman–Crippen LogP) is 5.51. The van der Waals surface area contributed by atoms with Crippen LogP contribution in [0, 0.1) is 11.6 Å². The second kappa shape index (κ2) is 15.3. The van der Waals surface area contributed by atoms with Gasteiger partial charge in [-0.2, -0.15) is 0 Å². The van der Waals surface area contributed by atoms with E-state index in [2.05, 4.69) is 48.8 Å². The quantitative estimate of drug-likeness (QED) is 0.256. The number of piperazine rings is 1. The molecule has 1 unspecified atom stereocenters. The van der Waals surface area contributed by atoms with Crippen molar-refractivity contribution in [2.45, 2.75) is 44.7 Å². The SMILES string of the molecule is C=CC(=O)Nc1cc(Nc2cc(N3OCCC3c3ccc(F)c(F)c3)ncn2)c(OC)cc1N1CCC(N2CCN(CCC)CC2)CC1. The van der Waals surface area contributed by atoms with E-state index >= 15 is 0 Å². The minimum absolute atomic E-state index is 0.314. The second-order valence-electron chi connectivity index (χ2n) is 12.4. The number of methoxy groups -OCH3 is 1. The topological polar surface area (TPSA) is 98.3 Å². The number of amides is 1. The van der Waals surface area contributed by atoms with Gasteiger partial charge in [0.1, 0.15) is 17.9 Å². The second-order valence-corrected chi connectivity index (χ2v) is 12.4. The molecule has 1 amide bonds. The van der Waals surface area contributed by atoms with Crippen molar-refractivity contribution in [2.24, 2.45) is 0 Å². The average Bonchev–Trinajstić information content (AvgIpc) is 3.61. The standard InChI is InChI=1S/C35H44F2N8O3/c1-4-11-42-14-16-43(17-15-42)25-8-12-44(13-9-25)31-21-32(47-3)29(20-28(31)41-35(46)5-2)40-33-22-34(39-23-38-33)45-30(10-18-48-45)24-6-7-26(36)27(37)19-24/h5-7,19-23,25,30H,2,4,8-18H2,1,3H3,(H,41,46)(H,38,39,40). The Morgan fingerprint density at radius 3 is 2.52 bits per heavy atom. The first-order chi connectivity index (χ1) is 23.4. The van der Waals surface area contributed by atoms with Crippen LogP contribution in [0.1, 0.15) is 44.2 Å². The normalized spacial score (nSPS) is 19.4. The van der Waals surface area contributed by atoms with Crippen molar-refractivity contribution in [3.05, 3.63) is 72.6 Å². The fourth-order valence-corrected chi connectivity index (χ4v) is 6.91. The van der Waals surface area contributed by atoms with Crippen LogP contribution in [0.5, 0.6) is 5.75 Å². The third kappa shape index (κ3) is 7.53. The monoisotopic (exact) mass is 662 g/mol. The van der Waals surface area contributed by atoms with Crippen LogP contribution in [-0.2, 0) is 9.63 Å². The van der Waals surface area contributed by atoms with Crippen molar-refractivity contribution < 1.29 is 23.1 Å². The number of piperidine rings is 1. The van der Waals surface area contributed by atoms with Crippen LogP contribution in [0.2, 0.25) is 0 Å². The Morgan fingerprint density at radius 1 is 1.02 bits per heavy atom. The highest BCUT2D eigenvalue weighted by molar-refractivity contribution is 6.02. The summed E-state index contributed by atoms with van der Waals surface area (Å²) in [5.41, 5.74) is 2.68. The number of hydrogen-bond donors (Lipinski definition) is 2. The van der Waals surface area contributed by atoms with E-state index in [1.165, 1.54) is 31.4 Å². The van der Waals surface area contributed by atoms with Gasteiger partial charge in [0.25, 0.3) is 0 Å². The van der Waals surface area contributed by atoms with Gasteiger partial charge in [-0.3, -0.25) is 14.5 Å². The minimum atomic E-state index is -0.912. The maximum atomic E-state index is 14.0. The lowest BCUT2D eigenvalue weighted by molar-refractivity contribution is -0.111. The van der Waals surface area contributed by atoms with Crippen LogP contribution in [0.25, 0.3) is 0 Å². The van der Waals surface area contributed by atoms with Gasteiger partial charge >= 0.3 is 0 Å². The highest BCUT2D eigenvalue weighted by Crippen LogP contribution is 2.40. The lowest BCUT2D eigenvalue weighted by atomic mass is 10.0. The molecule has 0 aliphatic carbocycles. The summed E-state index contributed by atoms with van der Waals surface area (Å²) in [7, 11) is 1.60. The lowest BCUT2D eigenvalue weighted by Gasteiger charge is -2.43. The van der Waals surface area contributed by atoms with Gasteiger partial charge in [0, 0.05) is 63.9 Å². The fourth-order valence-electron chi connectivity index (χ4n) is 6.91. The molecule has 3 saturated heterocycles. The Bertz CT molecular complexity index is 1590. The number of halogens is 2. The number of aromatic nitrogens is 2. The molecule has 3 aliphatic rings. The Hall–Kier alpha value is -4.33. The van der Waals surface area contributed by atoms with E-state index < -0.39 is 11.6 Å². The van der Waals surface area contributed by atoms with Crippen LogP contribution in [-0.4, -0.2) is 91.2 Å². The zero-order valence-electron chi connectivity index (χ0n) is 27.6. The fraction of sp³-hybridized carbons (Fsp3) is 0.457. The summed E-state index contributed by atoms with van der Waals surface area (Å²) >= 11 is 0. The molecule has 0 saturated carbocycles. The molecule has 3 aromatic rings. The summed E-state index contributed by atoms with van der Waals surface area (Å²) in [5.74, 6) is -0.651. The first-order valence-electron chi connectivity index (χ1n) is 16.7. The molecular weight excluding hydrogens is 618 g/mol. The molecule has 1 atom stereocenters. The average molecular weight is 663 g/mol. The zero-order chi connectivity index (χ0) is 33.6. The van der Waals surface area contributed by atoms with E-state index in [0.717, 1.165) is 63.9 Å². The number of benzene rings is 2. The van der Waals surface area contributed by atoms with Gasteiger partial charge < -0.3 is 25.2 Å². The van der Waals surface area contributed by atoms with Gasteiger partial charge in [0.2, 0.25) is 5.91 Å². The molecule has 2 N–H and O–H groups in total. The Labute approximate surface area is 280 Å². The van der Waals surface area contributed by atoms with E-state index in [0.29, 0.717) is 53.4 Å². The number of carbonyl (C=O) groups excluding carboxylic acids is 1. The molecule has 6 rings (SSSR count). The van der Waals surface area contributed by atoms with Crippen LogP contribution < -0.4 is 25.3 Å². The molecule has 2 aromatic carbocycles. The van der Waals surface area contributed by atoms with Crippen LogP contribution in [0.4, 0.5) is 37.5 Å². The Kier molecular flexibility index (Phi) is 10.7. The van der Waals surface area contributed by atoms with Gasteiger partial charge in [-0.25, -0.2) is 23.8 Å². The van der Waals surface area contributed by atoms with E-state index in [9.17, 15) is 13.6 Å². The number of ether oxygens (including phenoxy) is 1. The molecule has 0 radical (unpaired) electrons. The van der Waals surface area contributed by atoms with Crippen molar-refractivity contribution in [3.63, 3.8) is 0 Å². The van der Waals surface area contributed by atoms with Crippen LogP contribution >= 0.6 is 0 Å². The van der Waals surface area contributed by atoms with Gasteiger partial charge in [-0.1, -0.05) is 19.6 Å². The molecule has 4 heterocycles. The molecule has 11 nitrogen and oxygen atoms in total. The van der Waals surface area contributed by atoms with Crippen LogP contribution in [0.3, 0.4) is 0 Å². The van der Waals surface area contributed by atoms with Crippen molar-refractivity contribution in [1.29, 1.82) is 0 Å². The molecule has 256 valence electrons. The highest BCUT2D eigenvalue weighted by atomic mass is 19.2. The zero-order valence-corrected chi connectivity index (χ0v) is 27.6. The number of anilines is 5. The molecule has 13 heteroatoms. The van der Waals surface area contributed by atoms with E-state index in [-0.39, 0.29) is 11.9 Å². The van der Waals surface area contributed by atoms with E-state index in [1.54, 1.807) is 24.3 Å². The Morgan fingerprint density at radius 2 is 1.81 bits per heavy atom. The molecule has 0 bridgehead atoms. The molecular formula is C35H44F2N8O3. The maximum absolute atomic E-state index is 14.0. The largest absolute Gasteiger partial charge is 0.494 e. The molecule has 3 fully saturated rings. The van der Waals surface area contributed by atoms with Crippen molar-refractivity contribution in [3.8, 4) is 5.75 Å². The smallest absolute Gasteiger partial charge is 0.247 e. The van der Waals surface area contributed by atoms with Crippen molar-refractivity contribution in [1.82, 2.24) is 19.8 Å². The Balaban J connectivity index is 1.19. The maximum Gasteiger partial charge on any atom is 0.247 e. The summed E-state index contributed by atoms with van der Waals surface area (Å²) in [4.78, 5) is 34.7. The summed E-state index contributed by atoms with van der Waals surface area (Å²) in [5, 5.41) is 7.88. The number of nitrogens with zero attached hydrogens (tertiary/aromatic N) is 6. The number of nitrogens with one attached hydrogen (secondary N) is 2. The van der Waals surface area contributed by atoms with E-state index in [4.69, 9.17) is 9.57 Å². The predicted molar refractivity (Wildman–Crippen MR) is 183 cm³/mol. The first kappa shape index (κ1) is 33.6. The summed E-state index contributed by atoms with van der Waals surface area (Å²) in [6, 6.07) is 9.53. The third-order valence-electron chi connectivity index (χ3n) is 9.40. The first-order valence-corrected chi connectivity index (χ1v) is 16.7. The van der Waals surface area contributed by atoms with Gasteiger partial charge in [0.15, 0.2) is 17.5 Å². The molecule has 1 aromatic heterocycles. The molecule has 3 aliphatic heterocycles. The summed E-state index contributed by atoms with van der Waals surface area (Å²) in [6.07, 6.45) is 6.50. The van der Waals surface area contributed by atoms with Crippen molar-refractivity contribution in [2.75, 3.05) is 80.1 Å². The summed E-state index contributed by atoms with van der Waals surface area (Å²) < 4.78 is 33.5. The van der Waals surface area contributed by atoms with Crippen molar-refractivity contribution >= 4 is 34.6 Å². The van der Waals surface area contributed by atoms with E-state index in [1.807, 2.05) is 12.1 Å². The number of rotatable bonds is 11. The van der Waals surface area contributed by atoms with Crippen LogP contribution in [0.15, 0.2) is 55.4 Å². The molecule has 48 heavy (non-hydrogen) atoms. The minimum Gasteiger partial charge on any atom is -0.494 e. The number of carbonyl (C=O) groups is 1.